The molecule has 1 atom stereocenters. The van der Waals surface area contributed by atoms with E-state index in [1.54, 1.807) is 6.92 Å². The summed E-state index contributed by atoms with van der Waals surface area (Å²) in [5.41, 5.74) is 0.213. The fraction of sp³-hybridized carbons (Fsp3) is 0.500. The molecule has 8 nitrogen and oxygen atoms in total. The number of halogens is 1. The number of nitrogens with one attached hydrogen (secondary N) is 2. The van der Waals surface area contributed by atoms with Crippen molar-refractivity contribution in [3.63, 3.8) is 0 Å². The minimum atomic E-state index is -3.94. The smallest absolute Gasteiger partial charge is 0.309 e. The predicted octanol–water partition coefficient (Wildman–Crippen LogP) is 0.124. The van der Waals surface area contributed by atoms with Crippen molar-refractivity contribution in [1.82, 2.24) is 14.9 Å². The number of benzene rings is 1. The summed E-state index contributed by atoms with van der Waals surface area (Å²) in [4.78, 5) is 23.1. The van der Waals surface area contributed by atoms with Gasteiger partial charge in [0, 0.05) is 13.1 Å². The van der Waals surface area contributed by atoms with Gasteiger partial charge in [-0.25, -0.2) is 12.8 Å². The Kier molecular flexibility index (Phi) is 6.68. The molecule has 1 aromatic carbocycles. The van der Waals surface area contributed by atoms with E-state index in [0.29, 0.717) is 19.6 Å². The van der Waals surface area contributed by atoms with Gasteiger partial charge in [0.1, 0.15) is 12.0 Å². The molecule has 1 fully saturated rings. The maximum Gasteiger partial charge on any atom is 0.309 e. The third-order valence-corrected chi connectivity index (χ3v) is 5.76. The molecule has 1 unspecified atom stereocenters. The second-order valence-corrected chi connectivity index (χ2v) is 7.67. The highest BCUT2D eigenvalue weighted by Gasteiger charge is 2.35. The van der Waals surface area contributed by atoms with Gasteiger partial charge in [0.05, 0.1) is 18.0 Å². The van der Waals surface area contributed by atoms with E-state index in [9.17, 15) is 22.4 Å². The number of likely N-dealkylation sites (N-methyl/N-ethyl adjacent to an activating group) is 1. The highest BCUT2D eigenvalue weighted by atomic mass is 32.2. The Balaban J connectivity index is 2.15. The molecule has 1 aliphatic rings. The minimum Gasteiger partial charge on any atom is -0.360 e. The summed E-state index contributed by atoms with van der Waals surface area (Å²) in [6, 6.07) is 3.54. The van der Waals surface area contributed by atoms with Gasteiger partial charge >= 0.3 is 11.8 Å². The van der Waals surface area contributed by atoms with Crippen molar-refractivity contribution in [3.8, 4) is 0 Å². The SMILES string of the molecule is CCNC(=O)C(=O)NCC1OCCCN1S(=O)(=O)c1ccc(F)c(C)c1. The van der Waals surface area contributed by atoms with Crippen LogP contribution in [0.2, 0.25) is 0 Å². The second-order valence-electron chi connectivity index (χ2n) is 5.78. The lowest BCUT2D eigenvalue weighted by Crippen LogP contribution is -2.53. The summed E-state index contributed by atoms with van der Waals surface area (Å²) in [7, 11) is -3.94. The Morgan fingerprint density at radius 1 is 1.31 bits per heavy atom. The lowest BCUT2D eigenvalue weighted by molar-refractivity contribution is -0.140. The van der Waals surface area contributed by atoms with Gasteiger partial charge in [0.15, 0.2) is 0 Å². The normalized spacial score (nSPS) is 18.3. The van der Waals surface area contributed by atoms with Gasteiger partial charge in [-0.15, -0.1) is 0 Å². The number of carbonyl (C=O) groups excluding carboxylic acids is 2. The van der Waals surface area contributed by atoms with E-state index in [0.717, 1.165) is 10.4 Å². The molecule has 1 heterocycles. The Morgan fingerprint density at radius 2 is 2.00 bits per heavy atom. The largest absolute Gasteiger partial charge is 0.360 e. The fourth-order valence-electron chi connectivity index (χ4n) is 2.52. The van der Waals surface area contributed by atoms with Crippen molar-refractivity contribution in [2.75, 3.05) is 26.2 Å². The molecule has 0 aliphatic carbocycles. The summed E-state index contributed by atoms with van der Waals surface area (Å²) < 4.78 is 45.8. The second kappa shape index (κ2) is 8.56. The summed E-state index contributed by atoms with van der Waals surface area (Å²) in [6.07, 6.45) is -0.460. The zero-order chi connectivity index (χ0) is 19.3. The van der Waals surface area contributed by atoms with Crippen LogP contribution >= 0.6 is 0 Å². The molecular formula is C16H22FN3O5S. The van der Waals surface area contributed by atoms with Crippen LogP contribution in [-0.4, -0.2) is 57.0 Å². The molecule has 2 N–H and O–H groups in total. The number of ether oxygens (including phenoxy) is 1. The molecule has 0 saturated carbocycles. The molecule has 0 spiro atoms. The van der Waals surface area contributed by atoms with Crippen LogP contribution in [0.1, 0.15) is 18.9 Å². The first kappa shape index (κ1) is 20.3. The number of amides is 2. The molecule has 0 radical (unpaired) electrons. The van der Waals surface area contributed by atoms with Gasteiger partial charge in [0.25, 0.3) is 0 Å². The Bertz CT molecular complexity index is 784. The fourth-order valence-corrected chi connectivity index (χ4v) is 4.17. The molecule has 144 valence electrons. The molecule has 1 aromatic rings. The van der Waals surface area contributed by atoms with Gasteiger partial charge < -0.3 is 15.4 Å². The maximum absolute atomic E-state index is 13.4. The Labute approximate surface area is 151 Å². The molecule has 0 bridgehead atoms. The average molecular weight is 387 g/mol. The molecular weight excluding hydrogens is 365 g/mol. The van der Waals surface area contributed by atoms with Crippen molar-refractivity contribution < 1.29 is 27.1 Å². The van der Waals surface area contributed by atoms with Crippen molar-refractivity contribution in [3.05, 3.63) is 29.6 Å². The average Bonchev–Trinajstić information content (AvgIpc) is 2.62. The van der Waals surface area contributed by atoms with Crippen LogP contribution in [0.3, 0.4) is 0 Å². The standard InChI is InChI=1S/C16H22FN3O5S/c1-3-18-15(21)16(22)19-10-14-20(7-4-8-25-14)26(23,24)12-5-6-13(17)11(2)9-12/h5-6,9,14H,3-4,7-8,10H2,1-2H3,(H,18,21)(H,19,22). The van der Waals surface area contributed by atoms with E-state index in [1.165, 1.54) is 19.1 Å². The van der Waals surface area contributed by atoms with Gasteiger partial charge in [-0.1, -0.05) is 0 Å². The Morgan fingerprint density at radius 3 is 2.65 bits per heavy atom. The topological polar surface area (TPSA) is 105 Å². The van der Waals surface area contributed by atoms with E-state index >= 15 is 0 Å². The van der Waals surface area contributed by atoms with Gasteiger partial charge in [-0.05, 0) is 44.0 Å². The van der Waals surface area contributed by atoms with Gasteiger partial charge in [-0.3, -0.25) is 9.59 Å². The third kappa shape index (κ3) is 4.57. The summed E-state index contributed by atoms with van der Waals surface area (Å²) in [5.74, 6) is -2.16. The highest BCUT2D eigenvalue weighted by molar-refractivity contribution is 7.89. The number of hydrogen-bond acceptors (Lipinski definition) is 5. The first-order valence-corrected chi connectivity index (χ1v) is 9.67. The van der Waals surface area contributed by atoms with Crippen LogP contribution in [0.4, 0.5) is 4.39 Å². The zero-order valence-electron chi connectivity index (χ0n) is 14.6. The maximum atomic E-state index is 13.4. The van der Waals surface area contributed by atoms with Crippen LogP contribution in [0.15, 0.2) is 23.1 Å². The van der Waals surface area contributed by atoms with Crippen molar-refractivity contribution >= 4 is 21.8 Å². The van der Waals surface area contributed by atoms with E-state index in [-0.39, 0.29) is 23.5 Å². The van der Waals surface area contributed by atoms with Crippen molar-refractivity contribution in [2.24, 2.45) is 0 Å². The summed E-state index contributed by atoms with van der Waals surface area (Å²) >= 11 is 0. The number of sulfonamides is 1. The van der Waals surface area contributed by atoms with E-state index in [1.807, 2.05) is 0 Å². The molecule has 1 saturated heterocycles. The van der Waals surface area contributed by atoms with E-state index < -0.39 is 33.9 Å². The first-order chi connectivity index (χ1) is 12.3. The van der Waals surface area contributed by atoms with Gasteiger partial charge in [0.2, 0.25) is 10.0 Å². The molecule has 2 rings (SSSR count). The summed E-state index contributed by atoms with van der Waals surface area (Å²) in [5, 5.41) is 4.72. The number of nitrogens with zero attached hydrogens (tertiary/aromatic N) is 1. The Hall–Kier alpha value is -2.04. The van der Waals surface area contributed by atoms with E-state index in [2.05, 4.69) is 10.6 Å². The van der Waals surface area contributed by atoms with Crippen molar-refractivity contribution in [2.45, 2.75) is 31.4 Å². The van der Waals surface area contributed by atoms with Crippen LogP contribution in [0.5, 0.6) is 0 Å². The predicted molar refractivity (Wildman–Crippen MR) is 91.1 cm³/mol. The van der Waals surface area contributed by atoms with Crippen LogP contribution in [0.25, 0.3) is 0 Å². The van der Waals surface area contributed by atoms with Crippen LogP contribution < -0.4 is 10.6 Å². The minimum absolute atomic E-state index is 0.0537. The number of rotatable bonds is 5. The van der Waals surface area contributed by atoms with Crippen LogP contribution in [0, 0.1) is 12.7 Å². The zero-order valence-corrected chi connectivity index (χ0v) is 15.4. The number of hydrogen-bond donors (Lipinski definition) is 2. The van der Waals surface area contributed by atoms with E-state index in [4.69, 9.17) is 4.74 Å². The molecule has 2 amide bonds. The lowest BCUT2D eigenvalue weighted by Gasteiger charge is -2.34. The highest BCUT2D eigenvalue weighted by Crippen LogP contribution is 2.23. The summed E-state index contributed by atoms with van der Waals surface area (Å²) in [6.45, 7) is 3.81. The molecule has 10 heteroatoms. The number of carbonyl (C=O) groups is 2. The van der Waals surface area contributed by atoms with Crippen molar-refractivity contribution in [1.29, 1.82) is 0 Å². The number of aryl methyl sites for hydroxylation is 1. The van der Waals surface area contributed by atoms with Crippen LogP contribution in [-0.2, 0) is 24.3 Å². The quantitative estimate of drug-likeness (QED) is 0.699. The molecule has 1 aliphatic heterocycles. The molecule has 0 aromatic heterocycles. The molecule has 26 heavy (non-hydrogen) atoms. The monoisotopic (exact) mass is 387 g/mol. The van der Waals surface area contributed by atoms with Gasteiger partial charge in [-0.2, -0.15) is 4.31 Å². The third-order valence-electron chi connectivity index (χ3n) is 3.87. The lowest BCUT2D eigenvalue weighted by atomic mass is 10.2. The first-order valence-electron chi connectivity index (χ1n) is 8.23.